The molecule has 0 aliphatic rings. The summed E-state index contributed by atoms with van der Waals surface area (Å²) < 4.78 is 5.10. The van der Waals surface area contributed by atoms with Gasteiger partial charge >= 0.3 is 0 Å². The molecule has 0 radical (unpaired) electrons. The summed E-state index contributed by atoms with van der Waals surface area (Å²) in [5.74, 6) is 7.00. The van der Waals surface area contributed by atoms with E-state index in [2.05, 4.69) is 11.8 Å². The number of ether oxygens (including phenoxy) is 1. The van der Waals surface area contributed by atoms with Crippen LogP contribution in [0.15, 0.2) is 24.3 Å². The number of benzene rings is 1. The van der Waals surface area contributed by atoms with E-state index >= 15 is 0 Å². The molecule has 0 unspecified atom stereocenters. The van der Waals surface area contributed by atoms with Gasteiger partial charge in [0.1, 0.15) is 5.75 Å². The van der Waals surface area contributed by atoms with Crippen molar-refractivity contribution in [3.63, 3.8) is 0 Å². The van der Waals surface area contributed by atoms with Crippen molar-refractivity contribution in [1.82, 2.24) is 4.90 Å². The van der Waals surface area contributed by atoms with Crippen LogP contribution in [0.2, 0.25) is 0 Å². The molecule has 0 N–H and O–H groups in total. The highest BCUT2D eigenvalue weighted by molar-refractivity contribution is 5.39. The van der Waals surface area contributed by atoms with Crippen LogP contribution in [0, 0.1) is 11.8 Å². The SMILES string of the molecule is COc1cccc(C#CCN(C)C)c1. The lowest BCUT2D eigenvalue weighted by atomic mass is 10.2. The number of nitrogens with zero attached hydrogens (tertiary/aromatic N) is 1. The van der Waals surface area contributed by atoms with E-state index in [1.54, 1.807) is 7.11 Å². The number of hydrogen-bond acceptors (Lipinski definition) is 2. The Morgan fingerprint density at radius 2 is 2.14 bits per heavy atom. The normalized spacial score (nSPS) is 9.43. The molecule has 2 nitrogen and oxygen atoms in total. The molecule has 0 aliphatic carbocycles. The van der Waals surface area contributed by atoms with Crippen LogP contribution in [-0.4, -0.2) is 32.6 Å². The van der Waals surface area contributed by atoms with Gasteiger partial charge in [-0.15, -0.1) is 0 Å². The number of methoxy groups -OCH3 is 1. The molecule has 74 valence electrons. The zero-order chi connectivity index (χ0) is 10.4. The van der Waals surface area contributed by atoms with Crippen LogP contribution in [0.5, 0.6) is 5.75 Å². The lowest BCUT2D eigenvalue weighted by Crippen LogP contribution is -2.10. The van der Waals surface area contributed by atoms with E-state index < -0.39 is 0 Å². The first-order chi connectivity index (χ1) is 6.72. The Bertz CT molecular complexity index is 347. The Morgan fingerprint density at radius 1 is 1.36 bits per heavy atom. The molecule has 1 rings (SSSR count). The first-order valence-corrected chi connectivity index (χ1v) is 4.50. The van der Waals surface area contributed by atoms with Crippen molar-refractivity contribution in [3.05, 3.63) is 29.8 Å². The minimum absolute atomic E-state index is 0.775. The van der Waals surface area contributed by atoms with Crippen molar-refractivity contribution < 1.29 is 4.74 Å². The van der Waals surface area contributed by atoms with Gasteiger partial charge in [0.15, 0.2) is 0 Å². The largest absolute Gasteiger partial charge is 0.497 e. The summed E-state index contributed by atoms with van der Waals surface area (Å²) in [4.78, 5) is 2.03. The van der Waals surface area contributed by atoms with E-state index in [9.17, 15) is 0 Å². The Kier molecular flexibility index (Phi) is 4.03. The summed E-state index contributed by atoms with van der Waals surface area (Å²) in [6.45, 7) is 0.775. The van der Waals surface area contributed by atoms with Gasteiger partial charge in [-0.1, -0.05) is 17.9 Å². The monoisotopic (exact) mass is 189 g/mol. The highest BCUT2D eigenvalue weighted by Crippen LogP contribution is 2.10. The summed E-state index contributed by atoms with van der Waals surface area (Å²) in [5.41, 5.74) is 0.992. The molecule has 1 aromatic carbocycles. The van der Waals surface area contributed by atoms with Crippen LogP contribution in [-0.2, 0) is 0 Å². The smallest absolute Gasteiger partial charge is 0.120 e. The van der Waals surface area contributed by atoms with Crippen molar-refractivity contribution in [2.24, 2.45) is 0 Å². The predicted octanol–water partition coefficient (Wildman–Crippen LogP) is 1.61. The van der Waals surface area contributed by atoms with Crippen LogP contribution in [0.4, 0.5) is 0 Å². The highest BCUT2D eigenvalue weighted by Gasteiger charge is 1.90. The topological polar surface area (TPSA) is 12.5 Å². The molecule has 0 aliphatic heterocycles. The molecule has 1 aromatic rings. The molecule has 0 aromatic heterocycles. The van der Waals surface area contributed by atoms with Crippen molar-refractivity contribution in [3.8, 4) is 17.6 Å². The molecule has 0 spiro atoms. The van der Waals surface area contributed by atoms with E-state index in [0.29, 0.717) is 0 Å². The molecule has 0 saturated carbocycles. The quantitative estimate of drug-likeness (QED) is 0.655. The second-order valence-electron chi connectivity index (χ2n) is 3.27. The molecular formula is C12H15NO. The van der Waals surface area contributed by atoms with Gasteiger partial charge in [-0.25, -0.2) is 0 Å². The van der Waals surface area contributed by atoms with Gasteiger partial charge in [0.25, 0.3) is 0 Å². The van der Waals surface area contributed by atoms with Gasteiger partial charge in [-0.3, -0.25) is 4.90 Å². The third-order valence-electron chi connectivity index (χ3n) is 1.70. The van der Waals surface area contributed by atoms with Crippen molar-refractivity contribution in [1.29, 1.82) is 0 Å². The van der Waals surface area contributed by atoms with E-state index in [1.807, 2.05) is 43.3 Å². The van der Waals surface area contributed by atoms with Gasteiger partial charge in [-0.2, -0.15) is 0 Å². The van der Waals surface area contributed by atoms with Gasteiger partial charge in [0.2, 0.25) is 0 Å². The zero-order valence-corrected chi connectivity index (χ0v) is 8.87. The Hall–Kier alpha value is -1.46. The third kappa shape index (κ3) is 3.51. The van der Waals surface area contributed by atoms with E-state index in [-0.39, 0.29) is 0 Å². The summed E-state index contributed by atoms with van der Waals surface area (Å²) in [5, 5.41) is 0. The standard InChI is InChI=1S/C12H15NO/c1-13(2)9-5-7-11-6-4-8-12(10-11)14-3/h4,6,8,10H,9H2,1-3H3. The van der Waals surface area contributed by atoms with Crippen LogP contribution in [0.3, 0.4) is 0 Å². The first-order valence-electron chi connectivity index (χ1n) is 4.50. The predicted molar refractivity (Wildman–Crippen MR) is 58.4 cm³/mol. The van der Waals surface area contributed by atoms with Crippen molar-refractivity contribution in [2.75, 3.05) is 27.7 Å². The van der Waals surface area contributed by atoms with Crippen LogP contribution in [0.25, 0.3) is 0 Å². The molecule has 2 heteroatoms. The van der Waals surface area contributed by atoms with Crippen LogP contribution in [0.1, 0.15) is 5.56 Å². The molecule has 0 bridgehead atoms. The third-order valence-corrected chi connectivity index (χ3v) is 1.70. The average molecular weight is 189 g/mol. The maximum Gasteiger partial charge on any atom is 0.120 e. The van der Waals surface area contributed by atoms with E-state index in [1.165, 1.54) is 0 Å². The summed E-state index contributed by atoms with van der Waals surface area (Å²) in [6.07, 6.45) is 0. The lowest BCUT2D eigenvalue weighted by Gasteiger charge is -2.01. The number of hydrogen-bond donors (Lipinski definition) is 0. The molecule has 14 heavy (non-hydrogen) atoms. The fourth-order valence-electron chi connectivity index (χ4n) is 1.00. The van der Waals surface area contributed by atoms with E-state index in [0.717, 1.165) is 17.9 Å². The van der Waals surface area contributed by atoms with Crippen molar-refractivity contribution in [2.45, 2.75) is 0 Å². The zero-order valence-electron chi connectivity index (χ0n) is 8.87. The minimum Gasteiger partial charge on any atom is -0.497 e. The lowest BCUT2D eigenvalue weighted by molar-refractivity contribution is 0.414. The van der Waals surface area contributed by atoms with Gasteiger partial charge in [-0.05, 0) is 32.3 Å². The highest BCUT2D eigenvalue weighted by atomic mass is 16.5. The van der Waals surface area contributed by atoms with Gasteiger partial charge < -0.3 is 4.74 Å². The molecule has 0 heterocycles. The van der Waals surface area contributed by atoms with E-state index in [4.69, 9.17) is 4.74 Å². The number of rotatable bonds is 2. The Labute approximate surface area is 85.5 Å². The molecule has 0 atom stereocenters. The molecular weight excluding hydrogens is 174 g/mol. The maximum absolute atomic E-state index is 5.10. The van der Waals surface area contributed by atoms with Crippen LogP contribution < -0.4 is 4.74 Å². The first kappa shape index (κ1) is 10.6. The minimum atomic E-state index is 0.775. The molecule has 0 amide bonds. The fourth-order valence-corrected chi connectivity index (χ4v) is 1.00. The Balaban J connectivity index is 2.69. The average Bonchev–Trinajstić information content (AvgIpc) is 2.18. The Morgan fingerprint density at radius 3 is 2.79 bits per heavy atom. The summed E-state index contributed by atoms with van der Waals surface area (Å²) >= 11 is 0. The second kappa shape index (κ2) is 5.31. The van der Waals surface area contributed by atoms with Gasteiger partial charge in [0, 0.05) is 5.56 Å². The van der Waals surface area contributed by atoms with Gasteiger partial charge in [0.05, 0.1) is 13.7 Å². The summed E-state index contributed by atoms with van der Waals surface area (Å²) in [7, 11) is 5.66. The molecule has 0 fully saturated rings. The van der Waals surface area contributed by atoms with Crippen molar-refractivity contribution >= 4 is 0 Å². The summed E-state index contributed by atoms with van der Waals surface area (Å²) in [6, 6.07) is 7.77. The van der Waals surface area contributed by atoms with Crippen LogP contribution >= 0.6 is 0 Å². The maximum atomic E-state index is 5.10. The second-order valence-corrected chi connectivity index (χ2v) is 3.27. The molecule has 0 saturated heterocycles. The fraction of sp³-hybridized carbons (Fsp3) is 0.333.